The molecule has 1 heterocycles. The summed E-state index contributed by atoms with van der Waals surface area (Å²) in [5.41, 5.74) is 2.60. The number of carbonyl (C=O) groups is 1. The highest BCUT2D eigenvalue weighted by Gasteiger charge is 2.13. The van der Waals surface area contributed by atoms with Crippen molar-refractivity contribution in [1.29, 1.82) is 0 Å². The number of unbranched alkanes of at least 4 members (excludes halogenated alkanes) is 1. The Bertz CT molecular complexity index is 733. The number of hydrogen-bond donors (Lipinski definition) is 1. The van der Waals surface area contributed by atoms with Crippen LogP contribution < -0.4 is 5.32 Å². The Morgan fingerprint density at radius 2 is 2.17 bits per heavy atom. The zero-order chi connectivity index (χ0) is 17.7. The fraction of sp³-hybridized carbons (Fsp3) is 0.412. The number of amides is 1. The number of hydrogen-bond acceptors (Lipinski definition) is 3. The molecule has 24 heavy (non-hydrogen) atoms. The summed E-state index contributed by atoms with van der Waals surface area (Å²) in [7, 11) is 0. The number of aryl methyl sites for hydroxylation is 1. The van der Waals surface area contributed by atoms with Crippen molar-refractivity contribution in [1.82, 2.24) is 9.55 Å². The van der Waals surface area contributed by atoms with Crippen molar-refractivity contribution in [2.45, 2.75) is 45.3 Å². The van der Waals surface area contributed by atoms with E-state index in [4.69, 9.17) is 11.6 Å². The zero-order valence-electron chi connectivity index (χ0n) is 14.0. The highest BCUT2D eigenvalue weighted by molar-refractivity contribution is 7.99. The molecule has 0 spiro atoms. The van der Waals surface area contributed by atoms with Crippen LogP contribution in [0.15, 0.2) is 23.4 Å². The minimum atomic E-state index is -0.507. The van der Waals surface area contributed by atoms with Gasteiger partial charge in [-0.2, -0.15) is 0 Å². The van der Waals surface area contributed by atoms with Gasteiger partial charge in [0.15, 0.2) is 5.16 Å². The number of thioether (sulfide) groups is 1. The molecule has 0 saturated heterocycles. The van der Waals surface area contributed by atoms with Gasteiger partial charge in [-0.3, -0.25) is 4.79 Å². The molecule has 4 nitrogen and oxygen atoms in total. The minimum Gasteiger partial charge on any atom is -0.325 e. The standard InChI is InChI=1S/C17H21ClFN3OS/c1-4-5-8-22-12(3)11(2)20-17(22)24-10-16(23)21-13-6-7-15(19)14(18)9-13/h6-7,9H,4-5,8,10H2,1-3H3,(H,21,23). The normalized spacial score (nSPS) is 10.9. The number of nitrogens with zero attached hydrogens (tertiary/aromatic N) is 2. The van der Waals surface area contributed by atoms with E-state index in [1.165, 1.54) is 30.0 Å². The van der Waals surface area contributed by atoms with Gasteiger partial charge < -0.3 is 9.88 Å². The average molecular weight is 370 g/mol. The first-order valence-electron chi connectivity index (χ1n) is 7.83. The largest absolute Gasteiger partial charge is 0.325 e. The van der Waals surface area contributed by atoms with Crippen LogP contribution in [-0.2, 0) is 11.3 Å². The van der Waals surface area contributed by atoms with Gasteiger partial charge in [-0.15, -0.1) is 0 Å². The van der Waals surface area contributed by atoms with Gasteiger partial charge in [0.2, 0.25) is 5.91 Å². The summed E-state index contributed by atoms with van der Waals surface area (Å²) in [4.78, 5) is 16.6. The summed E-state index contributed by atoms with van der Waals surface area (Å²) in [5, 5.41) is 3.56. The van der Waals surface area contributed by atoms with Gasteiger partial charge in [-0.1, -0.05) is 36.7 Å². The molecule has 1 aromatic heterocycles. The smallest absolute Gasteiger partial charge is 0.234 e. The van der Waals surface area contributed by atoms with Crippen molar-refractivity contribution < 1.29 is 9.18 Å². The number of rotatable bonds is 7. The quantitative estimate of drug-likeness (QED) is 0.711. The molecule has 130 valence electrons. The third-order valence-corrected chi connectivity index (χ3v) is 4.96. The van der Waals surface area contributed by atoms with Crippen molar-refractivity contribution in [3.63, 3.8) is 0 Å². The van der Waals surface area contributed by atoms with Gasteiger partial charge in [0.05, 0.1) is 16.5 Å². The first kappa shape index (κ1) is 18.8. The lowest BCUT2D eigenvalue weighted by Gasteiger charge is -2.09. The van der Waals surface area contributed by atoms with Gasteiger partial charge in [0, 0.05) is 17.9 Å². The van der Waals surface area contributed by atoms with Crippen molar-refractivity contribution in [3.05, 3.63) is 40.4 Å². The maximum atomic E-state index is 13.1. The van der Waals surface area contributed by atoms with Crippen LogP contribution in [0, 0.1) is 19.7 Å². The summed E-state index contributed by atoms with van der Waals surface area (Å²) in [6, 6.07) is 4.12. The number of anilines is 1. The third-order valence-electron chi connectivity index (χ3n) is 3.69. The third kappa shape index (κ3) is 4.74. The highest BCUT2D eigenvalue weighted by atomic mass is 35.5. The van der Waals surface area contributed by atoms with E-state index in [-0.39, 0.29) is 16.7 Å². The number of benzene rings is 1. The van der Waals surface area contributed by atoms with Crippen molar-refractivity contribution in [2.75, 3.05) is 11.1 Å². The maximum absolute atomic E-state index is 13.1. The van der Waals surface area contributed by atoms with Crippen molar-refractivity contribution in [2.24, 2.45) is 0 Å². The molecular formula is C17H21ClFN3OS. The SMILES string of the molecule is CCCCn1c(SCC(=O)Nc2ccc(F)c(Cl)c2)nc(C)c1C. The Balaban J connectivity index is 1.98. The fourth-order valence-electron chi connectivity index (χ4n) is 2.21. The van der Waals surface area contributed by atoms with E-state index in [0.717, 1.165) is 35.9 Å². The van der Waals surface area contributed by atoms with Gasteiger partial charge in [0.25, 0.3) is 0 Å². The average Bonchev–Trinajstić information content (AvgIpc) is 2.81. The second-order valence-electron chi connectivity index (χ2n) is 5.54. The predicted octanol–water partition coefficient (Wildman–Crippen LogP) is 4.82. The van der Waals surface area contributed by atoms with Crippen LogP contribution in [0.5, 0.6) is 0 Å². The monoisotopic (exact) mass is 369 g/mol. The molecule has 0 aliphatic heterocycles. The summed E-state index contributed by atoms with van der Waals surface area (Å²) in [5.74, 6) is -0.451. The van der Waals surface area contributed by atoms with Gasteiger partial charge in [-0.25, -0.2) is 9.37 Å². The number of nitrogens with one attached hydrogen (secondary N) is 1. The molecule has 0 saturated carbocycles. The predicted molar refractivity (Wildman–Crippen MR) is 97.4 cm³/mol. The Morgan fingerprint density at radius 3 is 2.83 bits per heavy atom. The Hall–Kier alpha value is -1.53. The highest BCUT2D eigenvalue weighted by Crippen LogP contribution is 2.23. The topological polar surface area (TPSA) is 46.9 Å². The molecule has 7 heteroatoms. The molecule has 0 fully saturated rings. The van der Waals surface area contributed by atoms with Crippen molar-refractivity contribution in [3.8, 4) is 0 Å². The zero-order valence-corrected chi connectivity index (χ0v) is 15.6. The van der Waals surface area contributed by atoms with E-state index < -0.39 is 5.82 Å². The van der Waals surface area contributed by atoms with Crippen LogP contribution in [0.2, 0.25) is 5.02 Å². The molecular weight excluding hydrogens is 349 g/mol. The van der Waals surface area contributed by atoms with Crippen LogP contribution in [0.4, 0.5) is 10.1 Å². The first-order chi connectivity index (χ1) is 11.4. The molecule has 0 bridgehead atoms. The van der Waals surface area contributed by atoms with E-state index in [1.54, 1.807) is 0 Å². The van der Waals surface area contributed by atoms with Gasteiger partial charge in [0.1, 0.15) is 5.82 Å². The lowest BCUT2D eigenvalue weighted by atomic mass is 10.3. The van der Waals surface area contributed by atoms with Crippen LogP contribution in [0.25, 0.3) is 0 Å². The summed E-state index contributed by atoms with van der Waals surface area (Å²) in [6.45, 7) is 7.07. The van der Waals surface area contributed by atoms with E-state index >= 15 is 0 Å². The number of carbonyl (C=O) groups excluding carboxylic acids is 1. The van der Waals surface area contributed by atoms with Crippen molar-refractivity contribution >= 4 is 35.0 Å². The molecule has 1 aromatic carbocycles. The first-order valence-corrected chi connectivity index (χ1v) is 9.20. The van der Waals surface area contributed by atoms with Crippen LogP contribution >= 0.6 is 23.4 Å². The minimum absolute atomic E-state index is 0.0122. The lowest BCUT2D eigenvalue weighted by molar-refractivity contribution is -0.113. The summed E-state index contributed by atoms with van der Waals surface area (Å²) >= 11 is 7.11. The summed E-state index contributed by atoms with van der Waals surface area (Å²) in [6.07, 6.45) is 2.18. The van der Waals surface area contributed by atoms with Crippen LogP contribution in [-0.4, -0.2) is 21.2 Å². The van der Waals surface area contributed by atoms with E-state index in [2.05, 4.69) is 21.8 Å². The number of halogens is 2. The van der Waals surface area contributed by atoms with Crippen LogP contribution in [0.1, 0.15) is 31.2 Å². The van der Waals surface area contributed by atoms with Gasteiger partial charge >= 0.3 is 0 Å². The summed E-state index contributed by atoms with van der Waals surface area (Å²) < 4.78 is 15.3. The molecule has 1 amide bonds. The molecule has 1 N–H and O–H groups in total. The molecule has 2 rings (SSSR count). The van der Waals surface area contributed by atoms with Gasteiger partial charge in [-0.05, 0) is 38.5 Å². The van der Waals surface area contributed by atoms with E-state index in [1.807, 2.05) is 13.8 Å². The van der Waals surface area contributed by atoms with Crippen LogP contribution in [0.3, 0.4) is 0 Å². The Morgan fingerprint density at radius 1 is 1.42 bits per heavy atom. The molecule has 0 unspecified atom stereocenters. The fourth-order valence-corrected chi connectivity index (χ4v) is 3.31. The van der Waals surface area contributed by atoms with E-state index in [9.17, 15) is 9.18 Å². The molecule has 0 atom stereocenters. The Kier molecular flexibility index (Phi) is 6.69. The second kappa shape index (κ2) is 8.53. The molecule has 0 aliphatic rings. The number of imidazole rings is 1. The maximum Gasteiger partial charge on any atom is 0.234 e. The lowest BCUT2D eigenvalue weighted by Crippen LogP contribution is -2.14. The molecule has 2 aromatic rings. The Labute approximate surface area is 150 Å². The second-order valence-corrected chi connectivity index (χ2v) is 6.89. The number of aromatic nitrogens is 2. The van der Waals surface area contributed by atoms with E-state index in [0.29, 0.717) is 5.69 Å². The molecule has 0 radical (unpaired) electrons. The molecule has 0 aliphatic carbocycles.